The highest BCUT2D eigenvalue weighted by atomic mass is 35.5. The van der Waals surface area contributed by atoms with E-state index in [2.05, 4.69) is 4.72 Å². The van der Waals surface area contributed by atoms with Crippen LogP contribution in [-0.4, -0.2) is 61.4 Å². The zero-order valence-corrected chi connectivity index (χ0v) is 23.0. The zero-order chi connectivity index (χ0) is 27.0. The highest BCUT2D eigenvalue weighted by Gasteiger charge is 2.29. The molecule has 4 rings (SSSR count). The first-order valence-electron chi connectivity index (χ1n) is 11.5. The molecule has 0 amide bonds. The Kier molecular flexibility index (Phi) is 7.70. The lowest BCUT2D eigenvalue weighted by atomic mass is 10.2. The molecule has 198 valence electrons. The van der Waals surface area contributed by atoms with Gasteiger partial charge in [-0.15, -0.1) is 0 Å². The van der Waals surface area contributed by atoms with Crippen molar-refractivity contribution in [1.82, 2.24) is 4.31 Å². The van der Waals surface area contributed by atoms with Crippen LogP contribution in [0.3, 0.4) is 0 Å². The molecule has 8 nitrogen and oxygen atoms in total. The number of anilines is 3. The van der Waals surface area contributed by atoms with Crippen LogP contribution in [0.1, 0.15) is 6.42 Å². The van der Waals surface area contributed by atoms with E-state index in [1.54, 1.807) is 24.3 Å². The van der Waals surface area contributed by atoms with Gasteiger partial charge in [0.2, 0.25) is 10.0 Å². The minimum Gasteiger partial charge on any atom is -0.368 e. The Labute approximate surface area is 222 Å². The molecule has 1 aliphatic heterocycles. The molecule has 1 N–H and O–H groups in total. The van der Waals surface area contributed by atoms with Crippen LogP contribution < -0.4 is 14.5 Å². The van der Waals surface area contributed by atoms with Crippen LogP contribution in [0.4, 0.5) is 21.5 Å². The number of hydrogen-bond acceptors (Lipinski definition) is 6. The molecule has 12 heteroatoms. The fourth-order valence-corrected chi connectivity index (χ4v) is 6.42. The van der Waals surface area contributed by atoms with Gasteiger partial charge in [0, 0.05) is 45.3 Å². The predicted molar refractivity (Wildman–Crippen MR) is 145 cm³/mol. The van der Waals surface area contributed by atoms with Crippen LogP contribution >= 0.6 is 11.6 Å². The van der Waals surface area contributed by atoms with Crippen LogP contribution in [0.2, 0.25) is 5.02 Å². The summed E-state index contributed by atoms with van der Waals surface area (Å²) in [5, 5.41) is 0.337. The van der Waals surface area contributed by atoms with Crippen molar-refractivity contribution in [3.05, 3.63) is 77.6 Å². The van der Waals surface area contributed by atoms with Crippen molar-refractivity contribution in [3.8, 4) is 0 Å². The van der Waals surface area contributed by atoms with Gasteiger partial charge in [0.25, 0.3) is 10.0 Å². The highest BCUT2D eigenvalue weighted by Crippen LogP contribution is 2.33. The minimum atomic E-state index is -4.00. The van der Waals surface area contributed by atoms with E-state index >= 15 is 0 Å². The maximum atomic E-state index is 14.4. The van der Waals surface area contributed by atoms with Gasteiger partial charge in [-0.3, -0.25) is 4.72 Å². The normalized spacial score (nSPS) is 16.3. The lowest BCUT2D eigenvalue weighted by molar-refractivity contribution is 0.520. The summed E-state index contributed by atoms with van der Waals surface area (Å²) in [5.74, 6) is -0.381. The Morgan fingerprint density at radius 2 is 1.59 bits per heavy atom. The molecule has 0 saturated carbocycles. The van der Waals surface area contributed by atoms with Gasteiger partial charge in [-0.1, -0.05) is 23.7 Å². The largest absolute Gasteiger partial charge is 0.368 e. The second-order valence-electron chi connectivity index (χ2n) is 8.98. The van der Waals surface area contributed by atoms with Crippen molar-refractivity contribution < 1.29 is 21.2 Å². The molecular weight excluding hydrogens is 539 g/mol. The smallest absolute Gasteiger partial charge is 0.261 e. The van der Waals surface area contributed by atoms with Crippen LogP contribution in [0.25, 0.3) is 0 Å². The second-order valence-corrected chi connectivity index (χ2v) is 13.2. The van der Waals surface area contributed by atoms with Crippen LogP contribution in [-0.2, 0) is 20.0 Å². The monoisotopic (exact) mass is 566 g/mol. The Morgan fingerprint density at radius 3 is 2.24 bits per heavy atom. The predicted octanol–water partition coefficient (Wildman–Crippen LogP) is 4.25. The van der Waals surface area contributed by atoms with Gasteiger partial charge in [-0.25, -0.2) is 25.5 Å². The van der Waals surface area contributed by atoms with E-state index in [1.165, 1.54) is 44.4 Å². The molecule has 0 spiro atoms. The Balaban J connectivity index is 1.53. The first-order chi connectivity index (χ1) is 17.4. The average Bonchev–Trinajstić information content (AvgIpc) is 3.33. The molecule has 0 aromatic heterocycles. The quantitative estimate of drug-likeness (QED) is 0.438. The second kappa shape index (κ2) is 10.5. The number of nitrogens with one attached hydrogen (secondary N) is 1. The Morgan fingerprint density at radius 1 is 0.946 bits per heavy atom. The molecule has 0 aliphatic carbocycles. The zero-order valence-electron chi connectivity index (χ0n) is 20.6. The number of rotatable bonds is 8. The van der Waals surface area contributed by atoms with Crippen LogP contribution in [0.15, 0.2) is 76.5 Å². The van der Waals surface area contributed by atoms with E-state index < -0.39 is 20.0 Å². The molecular formula is C25H28ClFN4O4S2. The van der Waals surface area contributed by atoms with E-state index in [4.69, 9.17) is 11.6 Å². The molecule has 1 aliphatic rings. The third-order valence-corrected chi connectivity index (χ3v) is 9.85. The van der Waals surface area contributed by atoms with Gasteiger partial charge in [0.05, 0.1) is 26.9 Å². The fraction of sp³-hybridized carbons (Fsp3) is 0.280. The van der Waals surface area contributed by atoms with Gasteiger partial charge in [0.15, 0.2) is 0 Å². The van der Waals surface area contributed by atoms with Crippen LogP contribution in [0, 0.1) is 5.82 Å². The Hall–Kier alpha value is -2.86. The SMILES string of the molecule is CN(c1ccccc1NS(=O)(=O)c1ccc(S(=O)(=O)N(C)C)cc1)[C@@H]1CCN(c2ccc(Cl)cc2F)C1. The van der Waals surface area contributed by atoms with Gasteiger partial charge >= 0.3 is 0 Å². The summed E-state index contributed by atoms with van der Waals surface area (Å²) in [6.07, 6.45) is 0.751. The number of nitrogens with zero attached hydrogens (tertiary/aromatic N) is 3. The van der Waals surface area contributed by atoms with Crippen molar-refractivity contribution in [1.29, 1.82) is 0 Å². The van der Waals surface area contributed by atoms with Crippen molar-refractivity contribution in [3.63, 3.8) is 0 Å². The molecule has 37 heavy (non-hydrogen) atoms. The molecule has 0 radical (unpaired) electrons. The lowest BCUT2D eigenvalue weighted by Crippen LogP contribution is -2.35. The average molecular weight is 567 g/mol. The number of likely N-dealkylation sites (N-methyl/N-ethyl adjacent to an activating group) is 1. The van der Waals surface area contributed by atoms with Gasteiger partial charge < -0.3 is 9.80 Å². The summed E-state index contributed by atoms with van der Waals surface area (Å²) in [4.78, 5) is 3.87. The van der Waals surface area contributed by atoms with Crippen molar-refractivity contribution >= 4 is 48.7 Å². The van der Waals surface area contributed by atoms with Gasteiger partial charge in [-0.05, 0) is 61.0 Å². The first kappa shape index (κ1) is 27.2. The van der Waals surface area contributed by atoms with Crippen molar-refractivity contribution in [2.24, 2.45) is 0 Å². The summed E-state index contributed by atoms with van der Waals surface area (Å²) in [7, 11) is -2.98. The summed E-state index contributed by atoms with van der Waals surface area (Å²) in [6, 6.07) is 16.7. The van der Waals surface area contributed by atoms with E-state index in [-0.39, 0.29) is 21.7 Å². The van der Waals surface area contributed by atoms with E-state index in [0.29, 0.717) is 35.2 Å². The summed E-state index contributed by atoms with van der Waals surface area (Å²) < 4.78 is 69.0. The van der Waals surface area contributed by atoms with Crippen molar-refractivity contribution in [2.45, 2.75) is 22.3 Å². The summed E-state index contributed by atoms with van der Waals surface area (Å²) in [5.41, 5.74) is 1.53. The lowest BCUT2D eigenvalue weighted by Gasteiger charge is -2.29. The molecule has 0 unspecified atom stereocenters. The summed E-state index contributed by atoms with van der Waals surface area (Å²) in [6.45, 7) is 1.20. The minimum absolute atomic E-state index is 0.000467. The molecule has 1 fully saturated rings. The van der Waals surface area contributed by atoms with Crippen molar-refractivity contribution in [2.75, 3.05) is 48.8 Å². The molecule has 0 bridgehead atoms. The molecule has 1 saturated heterocycles. The molecule has 1 heterocycles. The number of halogens is 2. The standard InChI is InChI=1S/C25H28ClFN4O4S2/c1-29(2)37(34,35)21-11-9-20(10-12-21)36(32,33)28-23-6-4-5-7-25(23)30(3)19-14-15-31(17-19)24-13-8-18(26)16-22(24)27/h4-13,16,19,28H,14-15,17H2,1-3H3/t19-/m1/s1. The van der Waals surface area contributed by atoms with E-state index in [0.717, 1.165) is 10.7 Å². The molecule has 3 aromatic carbocycles. The topological polar surface area (TPSA) is 90.0 Å². The Bertz CT molecular complexity index is 1500. The molecule has 3 aromatic rings. The highest BCUT2D eigenvalue weighted by molar-refractivity contribution is 7.92. The maximum Gasteiger partial charge on any atom is 0.261 e. The van der Waals surface area contributed by atoms with Gasteiger partial charge in [-0.2, -0.15) is 0 Å². The number of para-hydroxylation sites is 2. The van der Waals surface area contributed by atoms with E-state index in [9.17, 15) is 21.2 Å². The third kappa shape index (κ3) is 5.69. The maximum absolute atomic E-state index is 14.4. The number of sulfonamides is 2. The van der Waals surface area contributed by atoms with E-state index in [1.807, 2.05) is 29.0 Å². The number of benzene rings is 3. The first-order valence-corrected chi connectivity index (χ1v) is 14.8. The van der Waals surface area contributed by atoms with Crippen LogP contribution in [0.5, 0.6) is 0 Å². The summed E-state index contributed by atoms with van der Waals surface area (Å²) >= 11 is 5.89. The van der Waals surface area contributed by atoms with Gasteiger partial charge in [0.1, 0.15) is 5.82 Å². The number of hydrogen-bond donors (Lipinski definition) is 1. The molecule has 1 atom stereocenters. The third-order valence-electron chi connectivity index (χ3n) is 6.40. The fourth-order valence-electron chi connectivity index (χ4n) is 4.28.